The van der Waals surface area contributed by atoms with E-state index in [1.807, 2.05) is 12.1 Å². The lowest BCUT2D eigenvalue weighted by Crippen LogP contribution is -2.35. The number of carbonyl (C=O) groups is 2. The van der Waals surface area contributed by atoms with Gasteiger partial charge in [0, 0.05) is 30.6 Å². The van der Waals surface area contributed by atoms with Crippen molar-refractivity contribution < 1.29 is 14.7 Å². The molecule has 0 unspecified atom stereocenters. The van der Waals surface area contributed by atoms with E-state index in [-0.39, 0.29) is 17.2 Å². The molecule has 0 aliphatic carbocycles. The normalized spacial score (nSPS) is 22.1. The summed E-state index contributed by atoms with van der Waals surface area (Å²) in [4.78, 5) is 26.5. The number of aromatic nitrogens is 1. The Morgan fingerprint density at radius 3 is 2.79 bits per heavy atom. The van der Waals surface area contributed by atoms with Gasteiger partial charge in [-0.1, -0.05) is 0 Å². The molecular weight excluding hydrogens is 264 g/mol. The van der Waals surface area contributed by atoms with E-state index in [4.69, 9.17) is 5.11 Å². The van der Waals surface area contributed by atoms with E-state index in [2.05, 4.69) is 10.3 Å². The molecule has 6 heteroatoms. The van der Waals surface area contributed by atoms with E-state index in [9.17, 15) is 9.59 Å². The van der Waals surface area contributed by atoms with Crippen molar-refractivity contribution in [2.24, 2.45) is 0 Å². The Hall–Kier alpha value is -1.56. The van der Waals surface area contributed by atoms with Crippen molar-refractivity contribution in [3.63, 3.8) is 0 Å². The van der Waals surface area contributed by atoms with Gasteiger partial charge in [0.2, 0.25) is 5.91 Å². The summed E-state index contributed by atoms with van der Waals surface area (Å²) in [6.07, 6.45) is 5.02. The molecule has 1 aromatic heterocycles. The molecule has 1 saturated heterocycles. The van der Waals surface area contributed by atoms with Gasteiger partial charge in [-0.3, -0.25) is 14.6 Å². The summed E-state index contributed by atoms with van der Waals surface area (Å²) >= 11 is 1.39. The van der Waals surface area contributed by atoms with Gasteiger partial charge in [-0.05, 0) is 30.5 Å². The average Bonchev–Trinajstić information content (AvgIpc) is 2.86. The fraction of sp³-hybridized carbons (Fsp3) is 0.462. The smallest absolute Gasteiger partial charge is 0.316 e. The van der Waals surface area contributed by atoms with Gasteiger partial charge in [0.1, 0.15) is 5.25 Å². The van der Waals surface area contributed by atoms with Gasteiger partial charge in [0.05, 0.1) is 0 Å². The predicted molar refractivity (Wildman–Crippen MR) is 73.0 cm³/mol. The number of rotatable bonds is 5. The van der Waals surface area contributed by atoms with Crippen molar-refractivity contribution >= 4 is 23.6 Å². The Kier molecular flexibility index (Phi) is 4.79. The van der Waals surface area contributed by atoms with Crippen molar-refractivity contribution in [3.8, 4) is 0 Å². The first-order valence-electron chi connectivity index (χ1n) is 6.18. The summed E-state index contributed by atoms with van der Waals surface area (Å²) in [5.41, 5.74) is 1.08. The van der Waals surface area contributed by atoms with Crippen LogP contribution in [0.2, 0.25) is 0 Å². The number of thioether (sulfide) groups is 1. The second kappa shape index (κ2) is 6.56. The molecule has 0 spiro atoms. The second-order valence-corrected chi connectivity index (χ2v) is 5.75. The molecule has 0 saturated carbocycles. The van der Waals surface area contributed by atoms with Gasteiger partial charge in [0.15, 0.2) is 0 Å². The fourth-order valence-electron chi connectivity index (χ4n) is 2.01. The van der Waals surface area contributed by atoms with Crippen LogP contribution in [0, 0.1) is 0 Å². The number of hydrogen-bond acceptors (Lipinski definition) is 4. The summed E-state index contributed by atoms with van der Waals surface area (Å²) in [6.45, 7) is 0. The van der Waals surface area contributed by atoms with Gasteiger partial charge >= 0.3 is 5.97 Å². The lowest BCUT2D eigenvalue weighted by molar-refractivity contribution is -0.136. The Morgan fingerprint density at radius 2 is 2.16 bits per heavy atom. The van der Waals surface area contributed by atoms with Crippen LogP contribution in [0.15, 0.2) is 24.5 Å². The number of amides is 1. The van der Waals surface area contributed by atoms with E-state index in [0.29, 0.717) is 25.0 Å². The van der Waals surface area contributed by atoms with Crippen LogP contribution >= 0.6 is 11.8 Å². The van der Waals surface area contributed by atoms with Gasteiger partial charge in [-0.15, -0.1) is 11.8 Å². The van der Waals surface area contributed by atoms with Crippen LogP contribution in [0.3, 0.4) is 0 Å². The zero-order valence-corrected chi connectivity index (χ0v) is 11.2. The molecule has 2 atom stereocenters. The minimum Gasteiger partial charge on any atom is -0.480 e. The zero-order valence-electron chi connectivity index (χ0n) is 10.4. The van der Waals surface area contributed by atoms with Crippen molar-refractivity contribution in [2.45, 2.75) is 30.6 Å². The highest BCUT2D eigenvalue weighted by Crippen LogP contribution is 2.26. The Balaban J connectivity index is 1.72. The molecule has 19 heavy (non-hydrogen) atoms. The van der Waals surface area contributed by atoms with Crippen LogP contribution in [0.5, 0.6) is 0 Å². The molecule has 2 heterocycles. The number of aliphatic carboxylic acids is 1. The van der Waals surface area contributed by atoms with Crippen molar-refractivity contribution in [1.82, 2.24) is 10.3 Å². The number of carbonyl (C=O) groups excluding carboxylic acids is 1. The Labute approximate surface area is 115 Å². The monoisotopic (exact) mass is 280 g/mol. The fourth-order valence-corrected chi connectivity index (χ4v) is 3.20. The molecule has 2 N–H and O–H groups in total. The van der Waals surface area contributed by atoms with E-state index >= 15 is 0 Å². The molecule has 1 aromatic rings. The van der Waals surface area contributed by atoms with Crippen molar-refractivity contribution in [1.29, 1.82) is 0 Å². The maximum atomic E-state index is 11.8. The van der Waals surface area contributed by atoms with Crippen LogP contribution in [0.1, 0.15) is 18.4 Å². The molecule has 0 radical (unpaired) electrons. The Bertz CT molecular complexity index is 452. The van der Waals surface area contributed by atoms with Crippen LogP contribution < -0.4 is 5.32 Å². The van der Waals surface area contributed by atoms with Crippen LogP contribution in [-0.2, 0) is 16.0 Å². The number of carboxylic acid groups (broad SMARTS) is 1. The second-order valence-electron chi connectivity index (χ2n) is 4.52. The van der Waals surface area contributed by atoms with Crippen molar-refractivity contribution in [2.75, 3.05) is 5.75 Å². The summed E-state index contributed by atoms with van der Waals surface area (Å²) in [5, 5.41) is 11.4. The van der Waals surface area contributed by atoms with E-state index < -0.39 is 5.97 Å². The third kappa shape index (κ3) is 4.24. The lowest BCUT2D eigenvalue weighted by atomic mass is 10.1. The Morgan fingerprint density at radius 1 is 1.42 bits per heavy atom. The molecule has 1 aliphatic rings. The average molecular weight is 280 g/mol. The number of nitrogens with zero attached hydrogens (tertiary/aromatic N) is 1. The van der Waals surface area contributed by atoms with Gasteiger partial charge in [-0.2, -0.15) is 0 Å². The quantitative estimate of drug-likeness (QED) is 0.844. The maximum Gasteiger partial charge on any atom is 0.316 e. The molecule has 2 rings (SSSR count). The third-order valence-corrected chi connectivity index (χ3v) is 4.42. The van der Waals surface area contributed by atoms with Gasteiger partial charge < -0.3 is 10.4 Å². The summed E-state index contributed by atoms with van der Waals surface area (Å²) in [5.74, 6) is -0.134. The van der Waals surface area contributed by atoms with E-state index in [1.54, 1.807) is 12.4 Å². The largest absolute Gasteiger partial charge is 0.480 e. The first kappa shape index (κ1) is 13.9. The predicted octanol–water partition coefficient (Wildman–Crippen LogP) is 1.09. The summed E-state index contributed by atoms with van der Waals surface area (Å²) < 4.78 is 0. The first-order valence-corrected chi connectivity index (χ1v) is 7.22. The number of pyridine rings is 1. The molecular formula is C13H16N2O3S. The summed E-state index contributed by atoms with van der Waals surface area (Å²) in [7, 11) is 0. The van der Waals surface area contributed by atoms with E-state index in [0.717, 1.165) is 5.56 Å². The molecule has 102 valence electrons. The highest BCUT2D eigenvalue weighted by atomic mass is 32.2. The molecule has 0 bridgehead atoms. The topological polar surface area (TPSA) is 79.3 Å². The standard InChI is InChI=1S/C13H16N2O3S/c16-12(2-1-9-3-5-14-6-4-9)15-10-7-11(13(17)18)19-8-10/h3-6,10-11H,1-2,7-8H2,(H,15,16)(H,17,18)/t10-,11-/m0/s1. The van der Waals surface area contributed by atoms with Crippen LogP contribution in [0.4, 0.5) is 0 Å². The molecule has 1 aliphatic heterocycles. The van der Waals surface area contributed by atoms with Crippen LogP contribution in [0.25, 0.3) is 0 Å². The minimum atomic E-state index is -0.793. The highest BCUT2D eigenvalue weighted by Gasteiger charge is 2.31. The maximum absolute atomic E-state index is 11.8. The molecule has 1 amide bonds. The van der Waals surface area contributed by atoms with Gasteiger partial charge in [0.25, 0.3) is 0 Å². The molecule has 1 fully saturated rings. The number of aryl methyl sites for hydroxylation is 1. The van der Waals surface area contributed by atoms with E-state index in [1.165, 1.54) is 11.8 Å². The SMILES string of the molecule is O=C(CCc1ccncc1)N[C@@H]1CS[C@H](C(=O)O)C1. The lowest BCUT2D eigenvalue weighted by Gasteiger charge is -2.11. The summed E-state index contributed by atoms with van der Waals surface area (Å²) in [6, 6.07) is 3.76. The molecule has 0 aromatic carbocycles. The number of carboxylic acids is 1. The first-order chi connectivity index (χ1) is 9.15. The van der Waals surface area contributed by atoms with Gasteiger partial charge in [-0.25, -0.2) is 0 Å². The molecule has 5 nitrogen and oxygen atoms in total. The van der Waals surface area contributed by atoms with Crippen LogP contribution in [-0.4, -0.2) is 39.0 Å². The zero-order chi connectivity index (χ0) is 13.7. The third-order valence-electron chi connectivity index (χ3n) is 3.03. The van der Waals surface area contributed by atoms with Crippen molar-refractivity contribution in [3.05, 3.63) is 30.1 Å². The number of hydrogen-bond donors (Lipinski definition) is 2. The highest BCUT2D eigenvalue weighted by molar-refractivity contribution is 8.00. The number of nitrogens with one attached hydrogen (secondary N) is 1. The minimum absolute atomic E-state index is 0.0176.